The molecule has 1 nitrogen and oxygen atoms in total. The standard InChI is InChI=1S/C17H27N.ClH/c1-16(2,3)14-17(4,5)18-13-9-12-15-10-7-6-8-11-15;/h6-12,18H,13-14H2,1-5H3;1H/b12-9+;. The molecule has 1 rings (SSSR count). The maximum Gasteiger partial charge on any atom is 0.0143 e. The summed E-state index contributed by atoms with van der Waals surface area (Å²) in [5.74, 6) is 0. The van der Waals surface area contributed by atoms with Crippen molar-refractivity contribution in [2.45, 2.75) is 46.6 Å². The molecule has 1 N–H and O–H groups in total. The van der Waals surface area contributed by atoms with Crippen LogP contribution in [0.4, 0.5) is 0 Å². The van der Waals surface area contributed by atoms with Gasteiger partial charge >= 0.3 is 0 Å². The van der Waals surface area contributed by atoms with Crippen molar-refractivity contribution in [2.24, 2.45) is 5.41 Å². The minimum atomic E-state index is 0. The van der Waals surface area contributed by atoms with E-state index in [0.717, 1.165) is 6.54 Å². The second kappa shape index (κ2) is 7.72. The van der Waals surface area contributed by atoms with E-state index in [1.807, 2.05) is 6.07 Å². The van der Waals surface area contributed by atoms with Gasteiger partial charge < -0.3 is 5.32 Å². The first-order valence-corrected chi connectivity index (χ1v) is 6.75. The minimum Gasteiger partial charge on any atom is -0.308 e. The van der Waals surface area contributed by atoms with Gasteiger partial charge in [0, 0.05) is 12.1 Å². The van der Waals surface area contributed by atoms with E-state index in [2.05, 4.69) is 76.4 Å². The van der Waals surface area contributed by atoms with Gasteiger partial charge in [-0.25, -0.2) is 0 Å². The molecule has 0 amide bonds. The number of rotatable bonds is 5. The number of benzene rings is 1. The largest absolute Gasteiger partial charge is 0.308 e. The normalized spacial score (nSPS) is 12.5. The van der Waals surface area contributed by atoms with E-state index in [1.54, 1.807) is 0 Å². The van der Waals surface area contributed by atoms with Crippen molar-refractivity contribution >= 4 is 18.5 Å². The maximum absolute atomic E-state index is 3.60. The van der Waals surface area contributed by atoms with Crippen LogP contribution in [-0.4, -0.2) is 12.1 Å². The van der Waals surface area contributed by atoms with Crippen LogP contribution in [0.3, 0.4) is 0 Å². The van der Waals surface area contributed by atoms with Crippen LogP contribution in [-0.2, 0) is 0 Å². The van der Waals surface area contributed by atoms with Crippen LogP contribution in [0.5, 0.6) is 0 Å². The number of hydrogen-bond acceptors (Lipinski definition) is 1. The monoisotopic (exact) mass is 281 g/mol. The lowest BCUT2D eigenvalue weighted by atomic mass is 9.82. The van der Waals surface area contributed by atoms with Crippen molar-refractivity contribution in [3.05, 3.63) is 42.0 Å². The Labute approximate surface area is 124 Å². The SMILES string of the molecule is CC(C)(C)CC(C)(C)NC/C=C/c1ccccc1.Cl. The van der Waals surface area contributed by atoms with Gasteiger partial charge in [0.25, 0.3) is 0 Å². The van der Waals surface area contributed by atoms with Gasteiger partial charge in [-0.05, 0) is 31.2 Å². The van der Waals surface area contributed by atoms with Crippen LogP contribution < -0.4 is 5.32 Å². The minimum absolute atomic E-state index is 0. The Bertz CT molecular complexity index is 374. The smallest absolute Gasteiger partial charge is 0.0143 e. The second-order valence-corrected chi connectivity index (χ2v) is 6.82. The molecule has 2 heteroatoms. The van der Waals surface area contributed by atoms with E-state index in [-0.39, 0.29) is 17.9 Å². The fourth-order valence-corrected chi connectivity index (χ4v) is 2.48. The molecule has 0 aliphatic heterocycles. The molecule has 0 bridgehead atoms. The average Bonchev–Trinajstić information content (AvgIpc) is 2.23. The molecular weight excluding hydrogens is 254 g/mol. The first-order chi connectivity index (χ1) is 8.29. The third-order valence-corrected chi connectivity index (χ3v) is 2.78. The Morgan fingerprint density at radius 1 is 1.00 bits per heavy atom. The summed E-state index contributed by atoms with van der Waals surface area (Å²) in [6, 6.07) is 10.4. The van der Waals surface area contributed by atoms with E-state index in [0.29, 0.717) is 5.41 Å². The molecule has 19 heavy (non-hydrogen) atoms. The first-order valence-electron chi connectivity index (χ1n) is 6.75. The zero-order chi connectivity index (χ0) is 13.6. The van der Waals surface area contributed by atoms with Crippen molar-refractivity contribution in [1.29, 1.82) is 0 Å². The Morgan fingerprint density at radius 2 is 1.58 bits per heavy atom. The first kappa shape index (κ1) is 18.2. The zero-order valence-corrected chi connectivity index (χ0v) is 13.7. The van der Waals surface area contributed by atoms with Crippen molar-refractivity contribution in [2.75, 3.05) is 6.54 Å². The molecule has 0 atom stereocenters. The van der Waals surface area contributed by atoms with Crippen molar-refractivity contribution in [1.82, 2.24) is 5.32 Å². The quantitative estimate of drug-likeness (QED) is 0.807. The van der Waals surface area contributed by atoms with Gasteiger partial charge in [-0.1, -0.05) is 63.3 Å². The van der Waals surface area contributed by atoms with E-state index in [9.17, 15) is 0 Å². The molecular formula is C17H28ClN. The Balaban J connectivity index is 0.00000324. The highest BCUT2D eigenvalue weighted by atomic mass is 35.5. The zero-order valence-electron chi connectivity index (χ0n) is 12.9. The molecule has 0 spiro atoms. The van der Waals surface area contributed by atoms with Gasteiger partial charge in [0.2, 0.25) is 0 Å². The van der Waals surface area contributed by atoms with Gasteiger partial charge in [-0.3, -0.25) is 0 Å². The van der Waals surface area contributed by atoms with Crippen LogP contribution >= 0.6 is 12.4 Å². The lowest BCUT2D eigenvalue weighted by Gasteiger charge is -2.33. The molecule has 108 valence electrons. The topological polar surface area (TPSA) is 12.0 Å². The molecule has 0 unspecified atom stereocenters. The predicted octanol–water partition coefficient (Wildman–Crippen LogP) is 4.93. The van der Waals surface area contributed by atoms with Gasteiger partial charge in [0.1, 0.15) is 0 Å². The van der Waals surface area contributed by atoms with Gasteiger partial charge in [0.05, 0.1) is 0 Å². The predicted molar refractivity (Wildman–Crippen MR) is 88.9 cm³/mol. The summed E-state index contributed by atoms with van der Waals surface area (Å²) in [5.41, 5.74) is 1.80. The van der Waals surface area contributed by atoms with Crippen molar-refractivity contribution < 1.29 is 0 Å². The van der Waals surface area contributed by atoms with Crippen LogP contribution in [0, 0.1) is 5.41 Å². The molecule has 0 aliphatic carbocycles. The van der Waals surface area contributed by atoms with Gasteiger partial charge in [-0.2, -0.15) is 0 Å². The third kappa shape index (κ3) is 8.85. The highest BCUT2D eigenvalue weighted by molar-refractivity contribution is 5.85. The van der Waals surface area contributed by atoms with E-state index in [4.69, 9.17) is 0 Å². The molecule has 0 saturated carbocycles. The van der Waals surface area contributed by atoms with Crippen molar-refractivity contribution in [3.63, 3.8) is 0 Å². The lowest BCUT2D eigenvalue weighted by Crippen LogP contribution is -2.42. The Hall–Kier alpha value is -0.790. The molecule has 0 saturated heterocycles. The molecule has 0 aromatic heterocycles. The average molecular weight is 282 g/mol. The molecule has 0 radical (unpaired) electrons. The third-order valence-electron chi connectivity index (χ3n) is 2.78. The Kier molecular flexibility index (Phi) is 7.39. The van der Waals surface area contributed by atoms with Crippen molar-refractivity contribution in [3.8, 4) is 0 Å². The molecule has 1 aromatic carbocycles. The van der Waals surface area contributed by atoms with E-state index >= 15 is 0 Å². The summed E-state index contributed by atoms with van der Waals surface area (Å²) in [4.78, 5) is 0. The lowest BCUT2D eigenvalue weighted by molar-refractivity contribution is 0.248. The fraction of sp³-hybridized carbons (Fsp3) is 0.529. The summed E-state index contributed by atoms with van der Waals surface area (Å²) >= 11 is 0. The summed E-state index contributed by atoms with van der Waals surface area (Å²) in [5, 5.41) is 3.60. The molecule has 0 aliphatic rings. The molecule has 0 heterocycles. The van der Waals surface area contributed by atoms with E-state index < -0.39 is 0 Å². The van der Waals surface area contributed by atoms with Crippen LogP contribution in [0.1, 0.15) is 46.6 Å². The summed E-state index contributed by atoms with van der Waals surface area (Å²) in [6.45, 7) is 12.3. The summed E-state index contributed by atoms with van der Waals surface area (Å²) in [6.07, 6.45) is 5.53. The number of nitrogens with one attached hydrogen (secondary N) is 1. The molecule has 1 aromatic rings. The van der Waals surface area contributed by atoms with E-state index in [1.165, 1.54) is 12.0 Å². The highest BCUT2D eigenvalue weighted by Crippen LogP contribution is 2.26. The van der Waals surface area contributed by atoms with Crippen LogP contribution in [0.25, 0.3) is 6.08 Å². The van der Waals surface area contributed by atoms with Gasteiger partial charge in [0.15, 0.2) is 0 Å². The maximum atomic E-state index is 3.60. The molecule has 0 fully saturated rings. The van der Waals surface area contributed by atoms with Gasteiger partial charge in [-0.15, -0.1) is 12.4 Å². The van der Waals surface area contributed by atoms with Crippen LogP contribution in [0.2, 0.25) is 0 Å². The fourth-order valence-electron chi connectivity index (χ4n) is 2.48. The van der Waals surface area contributed by atoms with Crippen LogP contribution in [0.15, 0.2) is 36.4 Å². The number of hydrogen-bond donors (Lipinski definition) is 1. The number of halogens is 1. The Morgan fingerprint density at radius 3 is 2.11 bits per heavy atom. The highest BCUT2D eigenvalue weighted by Gasteiger charge is 2.24. The second-order valence-electron chi connectivity index (χ2n) is 6.82. The summed E-state index contributed by atoms with van der Waals surface area (Å²) in [7, 11) is 0. The summed E-state index contributed by atoms with van der Waals surface area (Å²) < 4.78 is 0.